The van der Waals surface area contributed by atoms with E-state index in [2.05, 4.69) is 4.90 Å². The zero-order valence-electron chi connectivity index (χ0n) is 14.7. The molecule has 24 heavy (non-hydrogen) atoms. The summed E-state index contributed by atoms with van der Waals surface area (Å²) in [7, 11) is 1.70. The third-order valence-electron chi connectivity index (χ3n) is 4.27. The Bertz CT molecular complexity index is 655. The molecule has 0 aliphatic carbocycles. The van der Waals surface area contributed by atoms with Crippen LogP contribution in [0.3, 0.4) is 0 Å². The molecule has 0 unspecified atom stereocenters. The van der Waals surface area contributed by atoms with Crippen LogP contribution in [0, 0.1) is 0 Å². The molecular weight excluding hydrogens is 332 g/mol. The van der Waals surface area contributed by atoms with Gasteiger partial charge >= 0.3 is 0 Å². The summed E-state index contributed by atoms with van der Waals surface area (Å²) in [5, 5.41) is 0. The van der Waals surface area contributed by atoms with Crippen LogP contribution in [-0.2, 0) is 16.6 Å². The van der Waals surface area contributed by atoms with Gasteiger partial charge in [0.1, 0.15) is 5.75 Å². The second-order valence-electron chi connectivity index (χ2n) is 5.59. The first kappa shape index (κ1) is 18.8. The maximum atomic E-state index is 11.9. The lowest BCUT2D eigenvalue weighted by Gasteiger charge is -2.34. The molecule has 0 bridgehead atoms. The zero-order chi connectivity index (χ0) is 17.7. The predicted octanol–water partition coefficient (Wildman–Crippen LogP) is 1.18. The highest BCUT2D eigenvalue weighted by molar-refractivity contribution is 7.89. The van der Waals surface area contributed by atoms with Crippen LogP contribution >= 0.6 is 0 Å². The first-order chi connectivity index (χ1) is 11.4. The molecule has 0 atom stereocenters. The average molecular weight is 358 g/mol. The van der Waals surface area contributed by atoms with E-state index in [9.17, 15) is 8.42 Å². The number of sulfonamides is 1. The summed E-state index contributed by atoms with van der Waals surface area (Å²) in [4.78, 5) is 2.21. The molecule has 8 heteroatoms. The van der Waals surface area contributed by atoms with Gasteiger partial charge < -0.3 is 14.2 Å². The lowest BCUT2D eigenvalue weighted by molar-refractivity contribution is 0.180. The van der Waals surface area contributed by atoms with Crippen LogP contribution < -0.4 is 14.2 Å². The topological polar surface area (TPSA) is 68.3 Å². The minimum atomic E-state index is -3.10. The highest BCUT2D eigenvalue weighted by atomic mass is 32.2. The molecule has 7 nitrogen and oxygen atoms in total. The standard InChI is InChI=1S/C16H26N2O5S/c1-5-24(19,20)18-8-6-17(7-9-18)12-13-10-15(22-3)16(23-4)11-14(13)21-2/h10-11H,5-9,12H2,1-4H3. The largest absolute Gasteiger partial charge is 0.496 e. The van der Waals surface area contributed by atoms with Crippen molar-refractivity contribution in [3.05, 3.63) is 17.7 Å². The number of rotatable bonds is 7. The van der Waals surface area contributed by atoms with Crippen molar-refractivity contribution in [2.45, 2.75) is 13.5 Å². The molecule has 136 valence electrons. The summed E-state index contributed by atoms with van der Waals surface area (Å²) < 4.78 is 41.5. The summed E-state index contributed by atoms with van der Waals surface area (Å²) in [6, 6.07) is 3.72. The van der Waals surface area contributed by atoms with Gasteiger partial charge in [-0.1, -0.05) is 0 Å². The van der Waals surface area contributed by atoms with Crippen LogP contribution in [0.15, 0.2) is 12.1 Å². The number of hydrogen-bond donors (Lipinski definition) is 0. The minimum absolute atomic E-state index is 0.149. The lowest BCUT2D eigenvalue weighted by Crippen LogP contribution is -2.48. The van der Waals surface area contributed by atoms with E-state index >= 15 is 0 Å². The minimum Gasteiger partial charge on any atom is -0.496 e. The van der Waals surface area contributed by atoms with Crippen molar-refractivity contribution in [3.63, 3.8) is 0 Å². The van der Waals surface area contributed by atoms with E-state index in [0.717, 1.165) is 11.3 Å². The van der Waals surface area contributed by atoms with Gasteiger partial charge in [0.25, 0.3) is 0 Å². The van der Waals surface area contributed by atoms with Gasteiger partial charge in [-0.25, -0.2) is 8.42 Å². The van der Waals surface area contributed by atoms with E-state index in [1.54, 1.807) is 32.6 Å². The van der Waals surface area contributed by atoms with Crippen molar-refractivity contribution < 1.29 is 22.6 Å². The van der Waals surface area contributed by atoms with Gasteiger partial charge in [-0.2, -0.15) is 4.31 Å². The van der Waals surface area contributed by atoms with Gasteiger partial charge in [-0.3, -0.25) is 4.90 Å². The summed E-state index contributed by atoms with van der Waals surface area (Å²) in [6.07, 6.45) is 0. The van der Waals surface area contributed by atoms with Crippen LogP contribution in [0.4, 0.5) is 0 Å². The van der Waals surface area contributed by atoms with Gasteiger partial charge in [-0.15, -0.1) is 0 Å². The van der Waals surface area contributed by atoms with Crippen LogP contribution in [0.2, 0.25) is 0 Å². The highest BCUT2D eigenvalue weighted by Gasteiger charge is 2.26. The summed E-state index contributed by atoms with van der Waals surface area (Å²) >= 11 is 0. The smallest absolute Gasteiger partial charge is 0.213 e. The molecule has 1 aliphatic rings. The zero-order valence-corrected chi connectivity index (χ0v) is 15.6. The number of hydrogen-bond acceptors (Lipinski definition) is 6. The number of ether oxygens (including phenoxy) is 3. The fraction of sp³-hybridized carbons (Fsp3) is 0.625. The SMILES string of the molecule is CCS(=O)(=O)N1CCN(Cc2cc(OC)c(OC)cc2OC)CC1. The van der Waals surface area contributed by atoms with E-state index in [4.69, 9.17) is 14.2 Å². The van der Waals surface area contributed by atoms with E-state index in [-0.39, 0.29) is 5.75 Å². The Morgan fingerprint density at radius 2 is 1.46 bits per heavy atom. The van der Waals surface area contributed by atoms with E-state index < -0.39 is 10.0 Å². The Kier molecular flexibility index (Phi) is 6.31. The van der Waals surface area contributed by atoms with Crippen molar-refractivity contribution in [1.82, 2.24) is 9.21 Å². The fourth-order valence-corrected chi connectivity index (χ4v) is 3.89. The second kappa shape index (κ2) is 8.04. The van der Waals surface area contributed by atoms with Crippen molar-refractivity contribution in [1.29, 1.82) is 0 Å². The number of piperazine rings is 1. The Morgan fingerprint density at radius 1 is 0.917 bits per heavy atom. The second-order valence-corrected chi connectivity index (χ2v) is 7.85. The van der Waals surface area contributed by atoms with Gasteiger partial charge in [0.2, 0.25) is 10.0 Å². The maximum absolute atomic E-state index is 11.9. The highest BCUT2D eigenvalue weighted by Crippen LogP contribution is 2.35. The number of methoxy groups -OCH3 is 3. The van der Waals surface area contributed by atoms with Crippen molar-refractivity contribution in [2.24, 2.45) is 0 Å². The molecule has 0 N–H and O–H groups in total. The van der Waals surface area contributed by atoms with Crippen LogP contribution in [0.25, 0.3) is 0 Å². The normalized spacial score (nSPS) is 16.8. The first-order valence-electron chi connectivity index (χ1n) is 7.94. The molecule has 0 amide bonds. The average Bonchev–Trinajstić information content (AvgIpc) is 2.61. The molecule has 1 aromatic rings. The van der Waals surface area contributed by atoms with E-state index in [1.807, 2.05) is 12.1 Å². The summed E-state index contributed by atoms with van der Waals surface area (Å²) in [5.41, 5.74) is 0.988. The molecule has 1 saturated heterocycles. The van der Waals surface area contributed by atoms with Gasteiger partial charge in [0.05, 0.1) is 27.1 Å². The Balaban J connectivity index is 2.09. The lowest BCUT2D eigenvalue weighted by atomic mass is 10.1. The Morgan fingerprint density at radius 3 is 1.96 bits per heavy atom. The molecule has 0 spiro atoms. The van der Waals surface area contributed by atoms with Gasteiger partial charge in [-0.05, 0) is 13.0 Å². The number of nitrogens with zero attached hydrogens (tertiary/aromatic N) is 2. The summed E-state index contributed by atoms with van der Waals surface area (Å²) in [5.74, 6) is 2.16. The Labute approximate surface area is 144 Å². The number of benzene rings is 1. The first-order valence-corrected chi connectivity index (χ1v) is 9.55. The molecule has 0 saturated carbocycles. The maximum Gasteiger partial charge on any atom is 0.213 e. The molecule has 1 aromatic carbocycles. The molecule has 1 aliphatic heterocycles. The quantitative estimate of drug-likeness (QED) is 0.729. The van der Waals surface area contributed by atoms with Crippen molar-refractivity contribution >= 4 is 10.0 Å². The van der Waals surface area contributed by atoms with E-state index in [0.29, 0.717) is 44.2 Å². The fourth-order valence-electron chi connectivity index (χ4n) is 2.81. The molecule has 2 rings (SSSR count). The third kappa shape index (κ3) is 4.12. The molecular formula is C16H26N2O5S. The van der Waals surface area contributed by atoms with Crippen LogP contribution in [-0.4, -0.2) is 70.9 Å². The molecule has 0 radical (unpaired) electrons. The molecule has 0 aromatic heterocycles. The Hall–Kier alpha value is -1.51. The monoisotopic (exact) mass is 358 g/mol. The predicted molar refractivity (Wildman–Crippen MR) is 92.4 cm³/mol. The summed E-state index contributed by atoms with van der Waals surface area (Å²) in [6.45, 7) is 4.77. The van der Waals surface area contributed by atoms with Gasteiger partial charge in [0.15, 0.2) is 11.5 Å². The molecule has 1 fully saturated rings. The van der Waals surface area contributed by atoms with Gasteiger partial charge in [0, 0.05) is 44.4 Å². The van der Waals surface area contributed by atoms with Crippen LogP contribution in [0.5, 0.6) is 17.2 Å². The third-order valence-corrected chi connectivity index (χ3v) is 6.15. The molecule has 1 heterocycles. The van der Waals surface area contributed by atoms with E-state index in [1.165, 1.54) is 0 Å². The van der Waals surface area contributed by atoms with Crippen molar-refractivity contribution in [2.75, 3.05) is 53.3 Å². The van der Waals surface area contributed by atoms with Crippen molar-refractivity contribution in [3.8, 4) is 17.2 Å². The van der Waals surface area contributed by atoms with Crippen LogP contribution in [0.1, 0.15) is 12.5 Å².